The minimum Gasteiger partial charge on any atom is -0.479 e. The molecule has 2 N–H and O–H groups in total. The third kappa shape index (κ3) is 4.32. The molecule has 1 rings (SSSR count). The maximum absolute atomic E-state index is 10.3. The summed E-state index contributed by atoms with van der Waals surface area (Å²) in [4.78, 5) is 10.3. The highest BCUT2D eigenvalue weighted by molar-refractivity contribution is 6.30. The Balaban J connectivity index is 2.35. The predicted octanol–water partition coefficient (Wildman–Crippen LogP) is 2.11. The number of rotatable bonds is 5. The van der Waals surface area contributed by atoms with E-state index in [0.29, 0.717) is 11.4 Å². The second-order valence-corrected chi connectivity index (χ2v) is 3.81. The first-order valence-electron chi connectivity index (χ1n) is 4.75. The molecule has 0 saturated carbocycles. The molecule has 1 unspecified atom stereocenters. The van der Waals surface area contributed by atoms with Crippen molar-refractivity contribution in [2.45, 2.75) is 25.4 Å². The highest BCUT2D eigenvalue weighted by Crippen LogP contribution is 2.13. The van der Waals surface area contributed by atoms with Gasteiger partial charge in [-0.2, -0.15) is 0 Å². The average Bonchev–Trinajstić information content (AvgIpc) is 2.17. The quantitative estimate of drug-likeness (QED) is 0.812. The second kappa shape index (κ2) is 5.73. The van der Waals surface area contributed by atoms with Crippen LogP contribution in [-0.4, -0.2) is 22.3 Å². The fourth-order valence-electron chi connectivity index (χ4n) is 1.32. The van der Waals surface area contributed by atoms with Crippen LogP contribution in [0.15, 0.2) is 24.3 Å². The van der Waals surface area contributed by atoms with E-state index in [-0.39, 0.29) is 6.42 Å². The van der Waals surface area contributed by atoms with Crippen LogP contribution in [0.5, 0.6) is 0 Å². The lowest BCUT2D eigenvalue weighted by molar-refractivity contribution is -0.146. The summed E-state index contributed by atoms with van der Waals surface area (Å²) >= 11 is 5.79. The molecule has 0 spiro atoms. The third-order valence-electron chi connectivity index (χ3n) is 2.12. The van der Waals surface area contributed by atoms with Crippen molar-refractivity contribution >= 4 is 17.6 Å². The highest BCUT2D eigenvalue weighted by atomic mass is 35.5. The molecular weight excluding hydrogens is 216 g/mol. The van der Waals surface area contributed by atoms with Gasteiger partial charge in [-0.1, -0.05) is 23.7 Å². The molecule has 1 aromatic rings. The smallest absolute Gasteiger partial charge is 0.332 e. The fourth-order valence-corrected chi connectivity index (χ4v) is 1.53. The van der Waals surface area contributed by atoms with E-state index >= 15 is 0 Å². The number of hydrogen-bond acceptors (Lipinski definition) is 2. The molecule has 0 amide bonds. The number of aryl methyl sites for hydroxylation is 1. The van der Waals surface area contributed by atoms with Crippen molar-refractivity contribution in [3.63, 3.8) is 0 Å². The fraction of sp³-hybridized carbons (Fsp3) is 0.364. The van der Waals surface area contributed by atoms with Crippen LogP contribution in [0.25, 0.3) is 0 Å². The summed E-state index contributed by atoms with van der Waals surface area (Å²) in [6.07, 6.45) is 0.366. The lowest BCUT2D eigenvalue weighted by Crippen LogP contribution is -2.19. The van der Waals surface area contributed by atoms with E-state index in [1.54, 1.807) is 6.07 Å². The SMILES string of the molecule is O=C(O)C(O)CCCc1cccc(Cl)c1. The Hall–Kier alpha value is -1.06. The van der Waals surface area contributed by atoms with Gasteiger partial charge in [0.05, 0.1) is 0 Å². The van der Waals surface area contributed by atoms with Gasteiger partial charge in [0.25, 0.3) is 0 Å². The summed E-state index contributed by atoms with van der Waals surface area (Å²) in [5, 5.41) is 18.2. The highest BCUT2D eigenvalue weighted by Gasteiger charge is 2.11. The van der Waals surface area contributed by atoms with Gasteiger partial charge in [-0.15, -0.1) is 0 Å². The Kier molecular flexibility index (Phi) is 4.59. The first kappa shape index (κ1) is 12.0. The van der Waals surface area contributed by atoms with Gasteiger partial charge in [0.2, 0.25) is 0 Å². The van der Waals surface area contributed by atoms with E-state index in [9.17, 15) is 4.79 Å². The molecule has 1 aromatic carbocycles. The third-order valence-corrected chi connectivity index (χ3v) is 2.35. The number of benzene rings is 1. The number of aliphatic carboxylic acids is 1. The van der Waals surface area contributed by atoms with Crippen molar-refractivity contribution in [2.75, 3.05) is 0 Å². The molecule has 0 bridgehead atoms. The van der Waals surface area contributed by atoms with Gasteiger partial charge in [-0.3, -0.25) is 0 Å². The molecule has 0 fully saturated rings. The van der Waals surface area contributed by atoms with Crippen LogP contribution >= 0.6 is 11.6 Å². The molecule has 82 valence electrons. The molecule has 0 aromatic heterocycles. The van der Waals surface area contributed by atoms with Gasteiger partial charge in [0, 0.05) is 5.02 Å². The van der Waals surface area contributed by atoms with Crippen LogP contribution in [0.2, 0.25) is 5.02 Å². The van der Waals surface area contributed by atoms with Crippen LogP contribution in [0.3, 0.4) is 0 Å². The summed E-state index contributed by atoms with van der Waals surface area (Å²) in [7, 11) is 0. The zero-order chi connectivity index (χ0) is 11.3. The van der Waals surface area contributed by atoms with Gasteiger partial charge in [-0.25, -0.2) is 4.79 Å². The van der Waals surface area contributed by atoms with Crippen LogP contribution in [0, 0.1) is 0 Å². The van der Waals surface area contributed by atoms with E-state index in [0.717, 1.165) is 12.0 Å². The van der Waals surface area contributed by atoms with E-state index < -0.39 is 12.1 Å². The standard InChI is InChI=1S/C11H13ClO3/c12-9-5-1-3-8(7-9)4-2-6-10(13)11(14)15/h1,3,5,7,10,13H,2,4,6H2,(H,14,15). The number of aliphatic hydroxyl groups excluding tert-OH is 1. The zero-order valence-corrected chi connectivity index (χ0v) is 8.94. The van der Waals surface area contributed by atoms with Gasteiger partial charge in [0.15, 0.2) is 6.10 Å². The van der Waals surface area contributed by atoms with Crippen LogP contribution < -0.4 is 0 Å². The van der Waals surface area contributed by atoms with Crippen molar-refractivity contribution in [1.29, 1.82) is 0 Å². The average molecular weight is 229 g/mol. The number of carboxylic acid groups (broad SMARTS) is 1. The molecule has 0 radical (unpaired) electrons. The molecule has 15 heavy (non-hydrogen) atoms. The molecule has 0 aliphatic rings. The van der Waals surface area contributed by atoms with Crippen molar-refractivity contribution in [2.24, 2.45) is 0 Å². The van der Waals surface area contributed by atoms with Gasteiger partial charge < -0.3 is 10.2 Å². The Morgan fingerprint density at radius 1 is 1.47 bits per heavy atom. The van der Waals surface area contributed by atoms with E-state index in [4.69, 9.17) is 21.8 Å². The van der Waals surface area contributed by atoms with Crippen LogP contribution in [0.1, 0.15) is 18.4 Å². The number of carboxylic acids is 1. The van der Waals surface area contributed by atoms with Crippen molar-refractivity contribution in [3.05, 3.63) is 34.9 Å². The minimum atomic E-state index is -1.26. The Morgan fingerprint density at radius 3 is 2.80 bits per heavy atom. The molecule has 0 heterocycles. The molecular formula is C11H13ClO3. The molecule has 0 aliphatic heterocycles. The molecule has 4 heteroatoms. The maximum Gasteiger partial charge on any atom is 0.332 e. The van der Waals surface area contributed by atoms with E-state index in [1.807, 2.05) is 18.2 Å². The lowest BCUT2D eigenvalue weighted by Gasteiger charge is -2.05. The molecule has 1 atom stereocenters. The Labute approximate surface area is 93.3 Å². The van der Waals surface area contributed by atoms with Gasteiger partial charge in [0.1, 0.15) is 0 Å². The normalized spacial score (nSPS) is 12.4. The van der Waals surface area contributed by atoms with Gasteiger partial charge >= 0.3 is 5.97 Å². The summed E-state index contributed by atoms with van der Waals surface area (Å²) in [6, 6.07) is 7.41. The summed E-state index contributed by atoms with van der Waals surface area (Å²) in [5.74, 6) is -1.17. The topological polar surface area (TPSA) is 57.5 Å². The van der Waals surface area contributed by atoms with Crippen molar-refractivity contribution < 1.29 is 15.0 Å². The minimum absolute atomic E-state index is 0.266. The number of halogens is 1. The van der Waals surface area contributed by atoms with Crippen LogP contribution in [-0.2, 0) is 11.2 Å². The van der Waals surface area contributed by atoms with Gasteiger partial charge in [-0.05, 0) is 37.0 Å². The largest absolute Gasteiger partial charge is 0.479 e. The monoisotopic (exact) mass is 228 g/mol. The summed E-state index contributed by atoms with van der Waals surface area (Å²) < 4.78 is 0. The van der Waals surface area contributed by atoms with Crippen molar-refractivity contribution in [1.82, 2.24) is 0 Å². The number of aliphatic hydroxyl groups is 1. The molecule has 0 aliphatic carbocycles. The predicted molar refractivity (Wildman–Crippen MR) is 58.0 cm³/mol. The zero-order valence-electron chi connectivity index (χ0n) is 8.19. The Bertz CT molecular complexity index is 338. The molecule has 3 nitrogen and oxygen atoms in total. The van der Waals surface area contributed by atoms with E-state index in [2.05, 4.69) is 0 Å². The summed E-state index contributed by atoms with van der Waals surface area (Å²) in [6.45, 7) is 0. The molecule has 0 saturated heterocycles. The van der Waals surface area contributed by atoms with Crippen molar-refractivity contribution in [3.8, 4) is 0 Å². The van der Waals surface area contributed by atoms with E-state index in [1.165, 1.54) is 0 Å². The second-order valence-electron chi connectivity index (χ2n) is 3.38. The Morgan fingerprint density at radius 2 is 2.20 bits per heavy atom. The maximum atomic E-state index is 10.3. The summed E-state index contributed by atoms with van der Waals surface area (Å²) in [5.41, 5.74) is 1.06. The first-order valence-corrected chi connectivity index (χ1v) is 5.12. The van der Waals surface area contributed by atoms with Crippen LogP contribution in [0.4, 0.5) is 0 Å². The lowest BCUT2D eigenvalue weighted by atomic mass is 10.1. The first-order chi connectivity index (χ1) is 7.09. The number of hydrogen-bond donors (Lipinski definition) is 2. The number of carbonyl (C=O) groups is 1.